The molecule has 1 atom stereocenters. The molecule has 0 bridgehead atoms. The van der Waals surface area contributed by atoms with Gasteiger partial charge in [-0.1, -0.05) is 32.0 Å². The number of hydrogen-bond donors (Lipinski definition) is 3. The molecule has 1 rings (SSSR count). The minimum Gasteiger partial charge on any atom is -0.492 e. The summed E-state index contributed by atoms with van der Waals surface area (Å²) >= 11 is 0. The van der Waals surface area contributed by atoms with Crippen LogP contribution in [0.4, 0.5) is 0 Å². The number of para-hydroxylation sites is 1. The summed E-state index contributed by atoms with van der Waals surface area (Å²) in [5.41, 5.74) is 0.987. The number of rotatable bonds is 8. The highest BCUT2D eigenvalue weighted by molar-refractivity contribution is 5.33. The molecule has 0 saturated carbocycles. The molecule has 1 aromatic rings. The van der Waals surface area contributed by atoms with Gasteiger partial charge in [0.25, 0.3) is 0 Å². The number of aliphatic hydroxyl groups excluding tert-OH is 2. The van der Waals surface area contributed by atoms with Crippen molar-refractivity contribution in [3.8, 4) is 5.75 Å². The predicted molar refractivity (Wildman–Crippen MR) is 71.9 cm³/mol. The third kappa shape index (κ3) is 5.04. The summed E-state index contributed by atoms with van der Waals surface area (Å²) in [6, 6.07) is 7.88. The van der Waals surface area contributed by atoms with Crippen LogP contribution in [0.2, 0.25) is 0 Å². The van der Waals surface area contributed by atoms with Crippen LogP contribution in [-0.4, -0.2) is 42.1 Å². The molecule has 4 heteroatoms. The van der Waals surface area contributed by atoms with Gasteiger partial charge >= 0.3 is 0 Å². The molecule has 0 amide bonds. The maximum atomic E-state index is 9.24. The molecule has 0 aromatic heterocycles. The van der Waals surface area contributed by atoms with Crippen LogP contribution in [-0.2, 0) is 6.42 Å². The van der Waals surface area contributed by atoms with E-state index >= 15 is 0 Å². The lowest BCUT2D eigenvalue weighted by Gasteiger charge is -2.20. The molecule has 3 N–H and O–H groups in total. The zero-order chi connectivity index (χ0) is 13.4. The normalized spacial score (nSPS) is 12.7. The van der Waals surface area contributed by atoms with E-state index in [-0.39, 0.29) is 19.3 Å². The van der Waals surface area contributed by atoms with E-state index in [4.69, 9.17) is 9.84 Å². The quantitative estimate of drug-likeness (QED) is 0.646. The van der Waals surface area contributed by atoms with E-state index in [1.165, 1.54) is 0 Å². The van der Waals surface area contributed by atoms with Crippen LogP contribution in [0.25, 0.3) is 0 Å². The largest absolute Gasteiger partial charge is 0.492 e. The third-order valence-electron chi connectivity index (χ3n) is 2.58. The van der Waals surface area contributed by atoms with E-state index in [1.807, 2.05) is 38.1 Å². The fraction of sp³-hybridized carbons (Fsp3) is 0.571. The third-order valence-corrected chi connectivity index (χ3v) is 2.58. The van der Waals surface area contributed by atoms with Crippen LogP contribution in [0.1, 0.15) is 19.4 Å². The Balaban J connectivity index is 2.55. The topological polar surface area (TPSA) is 61.7 Å². The van der Waals surface area contributed by atoms with Gasteiger partial charge in [0, 0.05) is 12.6 Å². The molecule has 0 fully saturated rings. The molecule has 4 nitrogen and oxygen atoms in total. The van der Waals surface area contributed by atoms with Crippen molar-refractivity contribution in [3.05, 3.63) is 29.8 Å². The molecule has 18 heavy (non-hydrogen) atoms. The maximum absolute atomic E-state index is 9.24. The van der Waals surface area contributed by atoms with Crippen molar-refractivity contribution in [3.63, 3.8) is 0 Å². The number of aliphatic hydroxyl groups is 2. The van der Waals surface area contributed by atoms with Gasteiger partial charge in [0.2, 0.25) is 0 Å². The minimum absolute atomic E-state index is 0.0420. The van der Waals surface area contributed by atoms with Gasteiger partial charge < -0.3 is 20.3 Å². The second-order valence-electron chi connectivity index (χ2n) is 4.59. The summed E-state index contributed by atoms with van der Waals surface area (Å²) in [5.74, 6) is 0.774. The molecule has 0 radical (unpaired) electrons. The highest BCUT2D eigenvalue weighted by Gasteiger charge is 2.10. The second kappa shape index (κ2) is 8.08. The molecule has 102 valence electrons. The lowest BCUT2D eigenvalue weighted by molar-refractivity contribution is 0.175. The fourth-order valence-electron chi connectivity index (χ4n) is 1.79. The van der Waals surface area contributed by atoms with Crippen LogP contribution >= 0.6 is 0 Å². The van der Waals surface area contributed by atoms with E-state index in [2.05, 4.69) is 5.32 Å². The van der Waals surface area contributed by atoms with Crippen molar-refractivity contribution >= 4 is 0 Å². The van der Waals surface area contributed by atoms with Crippen molar-refractivity contribution in [1.82, 2.24) is 5.32 Å². The van der Waals surface area contributed by atoms with Crippen LogP contribution in [0.15, 0.2) is 24.3 Å². The first kappa shape index (κ1) is 15.0. The Labute approximate surface area is 109 Å². The smallest absolute Gasteiger partial charge is 0.122 e. The van der Waals surface area contributed by atoms with Gasteiger partial charge in [-0.05, 0) is 18.1 Å². The Bertz CT molecular complexity index is 342. The van der Waals surface area contributed by atoms with Gasteiger partial charge in [-0.3, -0.25) is 0 Å². The molecule has 0 aliphatic rings. The van der Waals surface area contributed by atoms with Crippen LogP contribution in [0.5, 0.6) is 5.75 Å². The summed E-state index contributed by atoms with van der Waals surface area (Å²) in [5, 5.41) is 21.4. The first-order valence-corrected chi connectivity index (χ1v) is 6.35. The Hall–Kier alpha value is -1.10. The summed E-state index contributed by atoms with van der Waals surface area (Å²) in [7, 11) is 0. The molecule has 0 aliphatic carbocycles. The number of ether oxygens (including phenoxy) is 1. The second-order valence-corrected chi connectivity index (χ2v) is 4.59. The first-order valence-electron chi connectivity index (χ1n) is 6.35. The minimum atomic E-state index is -0.0767. The lowest BCUT2D eigenvalue weighted by Crippen LogP contribution is -2.41. The Morgan fingerprint density at radius 2 is 1.94 bits per heavy atom. The van der Waals surface area contributed by atoms with Gasteiger partial charge in [-0.25, -0.2) is 0 Å². The highest BCUT2D eigenvalue weighted by Crippen LogP contribution is 2.18. The van der Waals surface area contributed by atoms with E-state index in [0.717, 1.165) is 11.3 Å². The predicted octanol–water partition coefficient (Wildman–Crippen LogP) is 0.959. The Morgan fingerprint density at radius 1 is 1.22 bits per heavy atom. The summed E-state index contributed by atoms with van der Waals surface area (Å²) in [6.45, 7) is 4.62. The summed E-state index contributed by atoms with van der Waals surface area (Å²) in [4.78, 5) is 0. The Morgan fingerprint density at radius 3 is 2.56 bits per heavy atom. The zero-order valence-corrected chi connectivity index (χ0v) is 11.1. The van der Waals surface area contributed by atoms with E-state index in [1.54, 1.807) is 0 Å². The molecule has 0 heterocycles. The van der Waals surface area contributed by atoms with E-state index in [9.17, 15) is 5.11 Å². The lowest BCUT2D eigenvalue weighted by atomic mass is 10.1. The SMILES string of the molecule is CC(C)NC(CO)COc1ccccc1CCO. The van der Waals surface area contributed by atoms with Crippen LogP contribution in [0, 0.1) is 0 Å². The standard InChI is InChI=1S/C14H23NO3/c1-11(2)15-13(9-17)10-18-14-6-4-3-5-12(14)7-8-16/h3-6,11,13,15-17H,7-10H2,1-2H3. The molecule has 0 spiro atoms. The Kier molecular flexibility index (Phi) is 6.72. The molecule has 1 aromatic carbocycles. The fourth-order valence-corrected chi connectivity index (χ4v) is 1.79. The first-order chi connectivity index (χ1) is 8.67. The van der Waals surface area contributed by atoms with Gasteiger partial charge in [0.05, 0.1) is 12.6 Å². The van der Waals surface area contributed by atoms with Crippen LogP contribution < -0.4 is 10.1 Å². The molecular formula is C14H23NO3. The average molecular weight is 253 g/mol. The summed E-state index contributed by atoms with van der Waals surface area (Å²) < 4.78 is 5.71. The van der Waals surface area contributed by atoms with Crippen molar-refractivity contribution in [2.75, 3.05) is 19.8 Å². The zero-order valence-electron chi connectivity index (χ0n) is 11.1. The van der Waals surface area contributed by atoms with E-state index in [0.29, 0.717) is 19.1 Å². The van der Waals surface area contributed by atoms with Gasteiger partial charge in [0.1, 0.15) is 12.4 Å². The summed E-state index contributed by atoms with van der Waals surface area (Å²) in [6.07, 6.45) is 0.581. The molecule has 1 unspecified atom stereocenters. The van der Waals surface area contributed by atoms with Gasteiger partial charge in [-0.2, -0.15) is 0 Å². The monoisotopic (exact) mass is 253 g/mol. The number of benzene rings is 1. The molecular weight excluding hydrogens is 230 g/mol. The number of nitrogens with one attached hydrogen (secondary N) is 1. The van der Waals surface area contributed by atoms with Crippen molar-refractivity contribution in [2.24, 2.45) is 0 Å². The number of hydrogen-bond acceptors (Lipinski definition) is 4. The van der Waals surface area contributed by atoms with Crippen molar-refractivity contribution in [2.45, 2.75) is 32.4 Å². The van der Waals surface area contributed by atoms with E-state index < -0.39 is 0 Å². The van der Waals surface area contributed by atoms with Gasteiger partial charge in [-0.15, -0.1) is 0 Å². The maximum Gasteiger partial charge on any atom is 0.122 e. The van der Waals surface area contributed by atoms with Crippen LogP contribution in [0.3, 0.4) is 0 Å². The molecule has 0 aliphatic heterocycles. The molecule has 0 saturated heterocycles. The highest BCUT2D eigenvalue weighted by atomic mass is 16.5. The van der Waals surface area contributed by atoms with Crippen molar-refractivity contribution in [1.29, 1.82) is 0 Å². The van der Waals surface area contributed by atoms with Crippen molar-refractivity contribution < 1.29 is 14.9 Å². The average Bonchev–Trinajstić information content (AvgIpc) is 2.36. The van der Waals surface area contributed by atoms with Gasteiger partial charge in [0.15, 0.2) is 0 Å².